The number of hydrogen-bond donors (Lipinski definition) is 1. The number of nitro groups is 1. The van der Waals surface area contributed by atoms with Gasteiger partial charge in [0.2, 0.25) is 0 Å². The first kappa shape index (κ1) is 21.4. The maximum Gasteiger partial charge on any atom is 0.329 e. The van der Waals surface area contributed by atoms with Gasteiger partial charge in [0.1, 0.15) is 5.69 Å². The second-order valence-electron chi connectivity index (χ2n) is 7.81. The summed E-state index contributed by atoms with van der Waals surface area (Å²) in [6.07, 6.45) is 0. The number of aryl methyl sites for hydroxylation is 1. The monoisotopic (exact) mass is 523 g/mol. The van der Waals surface area contributed by atoms with E-state index in [0.29, 0.717) is 28.1 Å². The number of anilines is 1. The minimum absolute atomic E-state index is 0.0295. The molecular formula is C24H18BrN3O4S. The van der Waals surface area contributed by atoms with Crippen LogP contribution in [0.15, 0.2) is 82.2 Å². The van der Waals surface area contributed by atoms with E-state index >= 15 is 0 Å². The summed E-state index contributed by atoms with van der Waals surface area (Å²) in [5.41, 5.74) is 4.12. The lowest BCUT2D eigenvalue weighted by molar-refractivity contribution is -0.388. The number of H-pyrrole nitrogens is 1. The number of para-hydroxylation sites is 1. The molecule has 1 N–H and O–H groups in total. The maximum absolute atomic E-state index is 13.7. The number of aromatic nitrogens is 1. The Morgan fingerprint density at radius 3 is 2.33 bits per heavy atom. The molecule has 3 aromatic carbocycles. The van der Waals surface area contributed by atoms with Gasteiger partial charge in [-0.05, 0) is 54.3 Å². The highest BCUT2D eigenvalue weighted by molar-refractivity contribution is 9.10. The van der Waals surface area contributed by atoms with Gasteiger partial charge in [0.15, 0.2) is 0 Å². The van der Waals surface area contributed by atoms with E-state index in [1.807, 2.05) is 31.2 Å². The molecule has 0 saturated heterocycles. The van der Waals surface area contributed by atoms with E-state index in [4.69, 9.17) is 0 Å². The van der Waals surface area contributed by atoms with Crippen molar-refractivity contribution in [2.75, 3.05) is 4.31 Å². The number of aromatic amines is 1. The molecule has 0 aliphatic carbocycles. The first-order valence-corrected chi connectivity index (χ1v) is 12.3. The highest BCUT2D eigenvalue weighted by atomic mass is 79.9. The third kappa shape index (κ3) is 3.53. The molecule has 0 unspecified atom stereocenters. The lowest BCUT2D eigenvalue weighted by Gasteiger charge is -2.30. The average Bonchev–Trinajstić information content (AvgIpc) is 3.19. The molecule has 0 amide bonds. The Hall–Kier alpha value is -3.43. The number of rotatable bonds is 4. The molecule has 1 aliphatic heterocycles. The molecule has 5 rings (SSSR count). The van der Waals surface area contributed by atoms with Crippen LogP contribution in [-0.4, -0.2) is 18.3 Å². The fourth-order valence-corrected chi connectivity index (χ4v) is 5.87. The molecule has 1 aliphatic rings. The first-order valence-electron chi connectivity index (χ1n) is 10.1. The molecule has 0 spiro atoms. The Labute approximate surface area is 199 Å². The summed E-state index contributed by atoms with van der Waals surface area (Å²) >= 11 is 3.40. The van der Waals surface area contributed by atoms with Gasteiger partial charge < -0.3 is 10.1 Å². The second kappa shape index (κ2) is 7.86. The summed E-state index contributed by atoms with van der Waals surface area (Å²) in [5, 5.41) is 11.9. The average molecular weight is 524 g/mol. The highest BCUT2D eigenvalue weighted by Gasteiger charge is 2.38. The van der Waals surface area contributed by atoms with Gasteiger partial charge >= 0.3 is 5.82 Å². The lowest BCUT2D eigenvalue weighted by Crippen LogP contribution is -2.33. The van der Waals surface area contributed by atoms with Gasteiger partial charge in [0, 0.05) is 21.2 Å². The van der Waals surface area contributed by atoms with Crippen molar-refractivity contribution >= 4 is 37.5 Å². The Bertz CT molecular complexity index is 1490. The van der Waals surface area contributed by atoms with Crippen LogP contribution < -0.4 is 4.31 Å². The topological polar surface area (TPSA) is 96.3 Å². The standard InChI is InChI=1S/C24H18BrN3O4S/c1-15-6-12-18(13-7-15)33(31,32)27-14-20-22(19-4-2-3-5-21(19)27)24(28(29)30)26-23(20)16-8-10-17(25)11-9-16/h2-13,26H,14H2,1H3. The molecule has 7 nitrogen and oxygen atoms in total. The van der Waals surface area contributed by atoms with E-state index in [1.54, 1.807) is 48.5 Å². The van der Waals surface area contributed by atoms with Crippen molar-refractivity contribution in [3.05, 3.63) is 98.5 Å². The zero-order valence-electron chi connectivity index (χ0n) is 17.4. The van der Waals surface area contributed by atoms with Crippen LogP contribution in [0.3, 0.4) is 0 Å². The highest BCUT2D eigenvalue weighted by Crippen LogP contribution is 2.49. The third-order valence-corrected chi connectivity index (χ3v) is 8.05. The van der Waals surface area contributed by atoms with Crippen LogP contribution in [0.4, 0.5) is 11.5 Å². The van der Waals surface area contributed by atoms with E-state index in [0.717, 1.165) is 15.6 Å². The maximum atomic E-state index is 13.7. The molecule has 166 valence electrons. The molecule has 9 heteroatoms. The quantitative estimate of drug-likeness (QED) is 0.260. The molecule has 2 heterocycles. The van der Waals surface area contributed by atoms with Crippen molar-refractivity contribution in [2.45, 2.75) is 18.4 Å². The number of hydrogen-bond acceptors (Lipinski definition) is 4. The van der Waals surface area contributed by atoms with E-state index in [9.17, 15) is 18.5 Å². The van der Waals surface area contributed by atoms with E-state index < -0.39 is 14.9 Å². The van der Waals surface area contributed by atoms with Gasteiger partial charge in [-0.3, -0.25) is 4.31 Å². The van der Waals surface area contributed by atoms with E-state index in [1.165, 1.54) is 4.31 Å². The SMILES string of the molecule is Cc1ccc(S(=O)(=O)N2Cc3c(-c4ccc(Br)cc4)[nH]c([N+](=O)[O-])c3-c3ccccc32)cc1. The second-order valence-corrected chi connectivity index (χ2v) is 10.6. The number of halogens is 1. The van der Waals surface area contributed by atoms with Crippen molar-refractivity contribution in [2.24, 2.45) is 0 Å². The molecule has 4 aromatic rings. The summed E-state index contributed by atoms with van der Waals surface area (Å²) in [6.45, 7) is 1.86. The van der Waals surface area contributed by atoms with E-state index in [-0.39, 0.29) is 17.3 Å². The van der Waals surface area contributed by atoms with E-state index in [2.05, 4.69) is 20.9 Å². The number of sulfonamides is 1. The minimum Gasteiger partial charge on any atom is -0.358 e. The summed E-state index contributed by atoms with van der Waals surface area (Å²) in [6, 6.07) is 20.9. The normalized spacial score (nSPS) is 12.8. The zero-order chi connectivity index (χ0) is 23.3. The van der Waals surface area contributed by atoms with Crippen LogP contribution in [0.25, 0.3) is 22.4 Å². The van der Waals surface area contributed by atoms with Crippen LogP contribution in [0.2, 0.25) is 0 Å². The Balaban J connectivity index is 1.76. The number of benzene rings is 3. The zero-order valence-corrected chi connectivity index (χ0v) is 19.9. The third-order valence-electron chi connectivity index (χ3n) is 5.75. The van der Waals surface area contributed by atoms with Gasteiger partial charge in [-0.25, -0.2) is 13.4 Å². The smallest absolute Gasteiger partial charge is 0.329 e. The first-order chi connectivity index (χ1) is 15.8. The fourth-order valence-electron chi connectivity index (χ4n) is 4.16. The van der Waals surface area contributed by atoms with Crippen LogP contribution in [0, 0.1) is 17.0 Å². The Morgan fingerprint density at radius 2 is 1.67 bits per heavy atom. The van der Waals surface area contributed by atoms with Gasteiger partial charge in [-0.15, -0.1) is 0 Å². The summed E-state index contributed by atoms with van der Waals surface area (Å²) < 4.78 is 29.6. The fraction of sp³-hybridized carbons (Fsp3) is 0.0833. The lowest BCUT2D eigenvalue weighted by atomic mass is 9.95. The van der Waals surface area contributed by atoms with Crippen molar-refractivity contribution in [1.29, 1.82) is 0 Å². The molecular weight excluding hydrogens is 506 g/mol. The molecule has 0 radical (unpaired) electrons. The minimum atomic E-state index is -3.91. The van der Waals surface area contributed by atoms with Gasteiger partial charge in [-0.1, -0.05) is 51.8 Å². The van der Waals surface area contributed by atoms with Crippen molar-refractivity contribution < 1.29 is 13.3 Å². The van der Waals surface area contributed by atoms with Crippen LogP contribution in [0.1, 0.15) is 11.1 Å². The predicted molar refractivity (Wildman–Crippen MR) is 131 cm³/mol. The van der Waals surface area contributed by atoms with Crippen molar-refractivity contribution in [3.8, 4) is 22.4 Å². The Kier molecular flexibility index (Phi) is 5.10. The predicted octanol–water partition coefficient (Wildman–Crippen LogP) is 6.04. The summed E-state index contributed by atoms with van der Waals surface area (Å²) in [4.78, 5) is 14.6. The van der Waals surface area contributed by atoms with Crippen LogP contribution in [-0.2, 0) is 16.6 Å². The van der Waals surface area contributed by atoms with Gasteiger partial charge in [0.25, 0.3) is 10.0 Å². The Morgan fingerprint density at radius 1 is 1.00 bits per heavy atom. The molecule has 1 aromatic heterocycles. The van der Waals surface area contributed by atoms with Crippen molar-refractivity contribution in [1.82, 2.24) is 4.98 Å². The van der Waals surface area contributed by atoms with Crippen molar-refractivity contribution in [3.63, 3.8) is 0 Å². The molecule has 33 heavy (non-hydrogen) atoms. The van der Waals surface area contributed by atoms with Gasteiger partial charge in [0.05, 0.1) is 22.7 Å². The largest absolute Gasteiger partial charge is 0.358 e. The van der Waals surface area contributed by atoms with Gasteiger partial charge in [-0.2, -0.15) is 0 Å². The van der Waals surface area contributed by atoms with Crippen LogP contribution >= 0.6 is 15.9 Å². The molecule has 0 saturated carbocycles. The van der Waals surface area contributed by atoms with Crippen LogP contribution in [0.5, 0.6) is 0 Å². The summed E-state index contributed by atoms with van der Waals surface area (Å²) in [7, 11) is -3.91. The number of nitrogens with zero attached hydrogens (tertiary/aromatic N) is 2. The summed E-state index contributed by atoms with van der Waals surface area (Å²) in [5.74, 6) is -0.150. The molecule has 0 fully saturated rings. The molecule has 0 bridgehead atoms. The number of fused-ring (bicyclic) bond motifs is 3. The number of nitrogens with one attached hydrogen (secondary N) is 1. The molecule has 0 atom stereocenters.